The third kappa shape index (κ3) is 11.8. The lowest BCUT2D eigenvalue weighted by molar-refractivity contribution is -0.145. The number of hydrogen-bond donors (Lipinski definition) is 0. The van der Waals surface area contributed by atoms with E-state index in [-0.39, 0.29) is 24.3 Å². The number of unbranched alkanes of at least 4 members (excludes halogenated alkanes) is 1. The van der Waals surface area contributed by atoms with Crippen molar-refractivity contribution < 1.29 is 34.4 Å². The Kier molecular flexibility index (Phi) is 11.8. The molecule has 1 aromatic carbocycles. The molecule has 1 aromatic rings. The van der Waals surface area contributed by atoms with E-state index in [9.17, 15) is 16.8 Å². The SMILES string of the molecule is CC(C)(C)[Si](C)(C)OCCCC[C@H]1[C@@H](COS(C)(=O)=O)O[C@@H](COS(C)(=O)=O)CN1Cc1ccccc1. The smallest absolute Gasteiger partial charge is 0.264 e. The fourth-order valence-electron chi connectivity index (χ4n) is 4.01. The van der Waals surface area contributed by atoms with Gasteiger partial charge < -0.3 is 9.16 Å². The summed E-state index contributed by atoms with van der Waals surface area (Å²) in [5.41, 5.74) is 1.10. The molecule has 37 heavy (non-hydrogen) atoms. The Morgan fingerprint density at radius 2 is 1.57 bits per heavy atom. The first-order valence-electron chi connectivity index (χ1n) is 12.7. The van der Waals surface area contributed by atoms with E-state index in [0.717, 1.165) is 37.3 Å². The molecule has 0 amide bonds. The highest BCUT2D eigenvalue weighted by Gasteiger charge is 2.39. The van der Waals surface area contributed by atoms with Crippen molar-refractivity contribution in [1.82, 2.24) is 4.90 Å². The van der Waals surface area contributed by atoms with Crippen LogP contribution in [0.25, 0.3) is 0 Å². The van der Waals surface area contributed by atoms with Crippen LogP contribution in [0.5, 0.6) is 0 Å². The number of hydrogen-bond acceptors (Lipinski definition) is 9. The van der Waals surface area contributed by atoms with Crippen LogP contribution in [0.1, 0.15) is 45.6 Å². The average Bonchev–Trinajstić information content (AvgIpc) is 2.76. The quantitative estimate of drug-likeness (QED) is 0.185. The van der Waals surface area contributed by atoms with Gasteiger partial charge in [-0.2, -0.15) is 16.8 Å². The van der Waals surface area contributed by atoms with Crippen LogP contribution >= 0.6 is 0 Å². The molecule has 3 atom stereocenters. The second kappa shape index (κ2) is 13.5. The Bertz CT molecular complexity index is 1040. The zero-order valence-corrected chi connectivity index (χ0v) is 25.9. The Labute approximate surface area is 225 Å². The summed E-state index contributed by atoms with van der Waals surface area (Å²) in [7, 11) is -9.15. The molecule has 0 spiro atoms. The number of rotatable bonds is 14. The molecule has 214 valence electrons. The molecule has 0 saturated carbocycles. The predicted molar refractivity (Wildman–Crippen MR) is 148 cm³/mol. The highest BCUT2D eigenvalue weighted by Crippen LogP contribution is 2.36. The van der Waals surface area contributed by atoms with Gasteiger partial charge in [0.1, 0.15) is 0 Å². The normalized spacial score (nSPS) is 22.3. The Morgan fingerprint density at radius 3 is 2.14 bits per heavy atom. The number of benzene rings is 1. The summed E-state index contributed by atoms with van der Waals surface area (Å²) >= 11 is 0. The van der Waals surface area contributed by atoms with Gasteiger partial charge in [0.05, 0.1) is 37.9 Å². The third-order valence-electron chi connectivity index (χ3n) is 7.01. The molecular formula is C25H45NO8S2Si. The summed E-state index contributed by atoms with van der Waals surface area (Å²) in [6.07, 6.45) is 3.39. The molecular weight excluding hydrogens is 534 g/mol. The molecule has 0 aliphatic carbocycles. The van der Waals surface area contributed by atoms with E-state index in [0.29, 0.717) is 19.7 Å². The van der Waals surface area contributed by atoms with E-state index >= 15 is 0 Å². The maximum atomic E-state index is 11.8. The van der Waals surface area contributed by atoms with Crippen molar-refractivity contribution in [1.29, 1.82) is 0 Å². The Hall–Kier alpha value is -0.863. The number of morpholine rings is 1. The molecule has 0 radical (unpaired) electrons. The summed E-state index contributed by atoms with van der Waals surface area (Å²) in [6.45, 7) is 12.6. The minimum Gasteiger partial charge on any atom is -0.417 e. The van der Waals surface area contributed by atoms with Gasteiger partial charge in [-0.25, -0.2) is 0 Å². The largest absolute Gasteiger partial charge is 0.417 e. The highest BCUT2D eigenvalue weighted by molar-refractivity contribution is 7.86. The van der Waals surface area contributed by atoms with Crippen LogP contribution in [0.2, 0.25) is 18.1 Å². The van der Waals surface area contributed by atoms with Crippen molar-refractivity contribution in [3.63, 3.8) is 0 Å². The lowest BCUT2D eigenvalue weighted by atomic mass is 9.98. The third-order valence-corrected chi connectivity index (χ3v) is 12.7. The highest BCUT2D eigenvalue weighted by atomic mass is 32.2. The fourth-order valence-corrected chi connectivity index (χ4v) is 5.88. The van der Waals surface area contributed by atoms with E-state index in [4.69, 9.17) is 17.5 Å². The van der Waals surface area contributed by atoms with Crippen LogP contribution in [-0.4, -0.2) is 87.2 Å². The van der Waals surface area contributed by atoms with Crippen LogP contribution in [0, 0.1) is 0 Å². The zero-order valence-electron chi connectivity index (χ0n) is 23.3. The molecule has 1 fully saturated rings. The number of nitrogens with zero attached hydrogens (tertiary/aromatic N) is 1. The van der Waals surface area contributed by atoms with Crippen molar-refractivity contribution in [2.24, 2.45) is 0 Å². The molecule has 12 heteroatoms. The molecule has 1 heterocycles. The predicted octanol–water partition coefficient (Wildman–Crippen LogP) is 3.77. The van der Waals surface area contributed by atoms with Crippen LogP contribution in [0.15, 0.2) is 30.3 Å². The maximum Gasteiger partial charge on any atom is 0.264 e. The van der Waals surface area contributed by atoms with E-state index in [1.54, 1.807) is 0 Å². The van der Waals surface area contributed by atoms with Gasteiger partial charge in [0, 0.05) is 25.7 Å². The first-order chi connectivity index (χ1) is 17.0. The first kappa shape index (κ1) is 32.3. The minimum absolute atomic E-state index is 0.121. The van der Waals surface area contributed by atoms with Crippen molar-refractivity contribution in [3.8, 4) is 0 Å². The molecule has 1 saturated heterocycles. The summed E-state index contributed by atoms with van der Waals surface area (Å²) in [4.78, 5) is 2.22. The van der Waals surface area contributed by atoms with Gasteiger partial charge in [-0.15, -0.1) is 0 Å². The molecule has 1 aliphatic rings. The van der Waals surface area contributed by atoms with Gasteiger partial charge >= 0.3 is 0 Å². The van der Waals surface area contributed by atoms with E-state index < -0.39 is 40.8 Å². The number of ether oxygens (including phenoxy) is 1. The lowest BCUT2D eigenvalue weighted by Gasteiger charge is -2.44. The second-order valence-corrected chi connectivity index (χ2v) is 19.5. The summed E-state index contributed by atoms with van der Waals surface area (Å²) in [6, 6.07) is 9.83. The lowest BCUT2D eigenvalue weighted by Crippen LogP contribution is -2.57. The van der Waals surface area contributed by atoms with Gasteiger partial charge in [-0.1, -0.05) is 51.1 Å². The van der Waals surface area contributed by atoms with Crippen molar-refractivity contribution >= 4 is 28.6 Å². The topological polar surface area (TPSA) is 108 Å². The molecule has 0 unspecified atom stereocenters. The van der Waals surface area contributed by atoms with E-state index in [1.165, 1.54) is 0 Å². The van der Waals surface area contributed by atoms with Crippen molar-refractivity contribution in [2.45, 2.75) is 83.0 Å². The van der Waals surface area contributed by atoms with Gasteiger partial charge in [-0.3, -0.25) is 13.3 Å². The Morgan fingerprint density at radius 1 is 0.973 bits per heavy atom. The van der Waals surface area contributed by atoms with Crippen LogP contribution in [0.4, 0.5) is 0 Å². The summed E-state index contributed by atoms with van der Waals surface area (Å²) in [5.74, 6) is 0. The van der Waals surface area contributed by atoms with Gasteiger partial charge in [0.2, 0.25) is 0 Å². The monoisotopic (exact) mass is 579 g/mol. The van der Waals surface area contributed by atoms with E-state index in [2.05, 4.69) is 38.8 Å². The average molecular weight is 580 g/mol. The standard InChI is InChI=1S/C25H45NO8S2Si/c1-25(2,3)37(6,7)33-16-12-11-15-23-24(20-32-36(5,29)30)34-22(19-31-35(4,27)28)18-26(23)17-21-13-9-8-10-14-21/h8-10,13-14,22-24H,11-12,15-20H2,1-7H3/t22-,23+,24-/m1/s1. The van der Waals surface area contributed by atoms with Crippen LogP contribution in [0.3, 0.4) is 0 Å². The molecule has 1 aliphatic heterocycles. The van der Waals surface area contributed by atoms with E-state index in [1.807, 2.05) is 30.3 Å². The zero-order chi connectivity index (χ0) is 27.9. The van der Waals surface area contributed by atoms with Crippen LogP contribution in [-0.2, 0) is 44.3 Å². The van der Waals surface area contributed by atoms with Gasteiger partial charge in [-0.05, 0) is 43.0 Å². The van der Waals surface area contributed by atoms with Crippen molar-refractivity contribution in [2.75, 3.05) is 38.9 Å². The fraction of sp³-hybridized carbons (Fsp3) is 0.760. The molecule has 0 aromatic heterocycles. The maximum absolute atomic E-state index is 11.8. The molecule has 0 bridgehead atoms. The van der Waals surface area contributed by atoms with Gasteiger partial charge in [0.25, 0.3) is 20.2 Å². The Balaban J connectivity index is 2.16. The first-order valence-corrected chi connectivity index (χ1v) is 19.3. The summed E-state index contributed by atoms with van der Waals surface area (Å²) < 4.78 is 69.3. The minimum atomic E-state index is -3.68. The molecule has 0 N–H and O–H groups in total. The van der Waals surface area contributed by atoms with Crippen molar-refractivity contribution in [3.05, 3.63) is 35.9 Å². The molecule has 9 nitrogen and oxygen atoms in total. The second-order valence-electron chi connectivity index (χ2n) is 11.4. The molecule has 2 rings (SSSR count). The van der Waals surface area contributed by atoms with Gasteiger partial charge in [0.15, 0.2) is 8.32 Å². The summed E-state index contributed by atoms with van der Waals surface area (Å²) in [5, 5.41) is 0.147. The van der Waals surface area contributed by atoms with Crippen LogP contribution < -0.4 is 0 Å².